The van der Waals surface area contributed by atoms with Crippen molar-refractivity contribution < 1.29 is 13.2 Å². The molecule has 0 unspecified atom stereocenters. The van der Waals surface area contributed by atoms with Crippen molar-refractivity contribution in [3.05, 3.63) is 53.7 Å². The van der Waals surface area contributed by atoms with Crippen LogP contribution in [0.25, 0.3) is 0 Å². The summed E-state index contributed by atoms with van der Waals surface area (Å²) in [6, 6.07) is 9.31. The van der Waals surface area contributed by atoms with Crippen molar-refractivity contribution in [3.63, 3.8) is 0 Å². The predicted octanol–water partition coefficient (Wildman–Crippen LogP) is 4.32. The maximum absolute atomic E-state index is 13.0. The molecule has 27 heavy (non-hydrogen) atoms. The molecule has 1 fully saturated rings. The highest BCUT2D eigenvalue weighted by atomic mass is 32.1. The van der Waals surface area contributed by atoms with Crippen molar-refractivity contribution >= 4 is 28.8 Å². The average Bonchev–Trinajstić information content (AvgIpc) is 2.87. The van der Waals surface area contributed by atoms with Crippen molar-refractivity contribution in [1.82, 2.24) is 9.88 Å². The Morgan fingerprint density at radius 2 is 1.93 bits per heavy atom. The maximum atomic E-state index is 13.0. The average molecular weight is 394 g/mol. The monoisotopic (exact) mass is 394 g/mol. The molecule has 0 radical (unpaired) electrons. The molecular formula is C19H21F3N4S. The Kier molecular flexibility index (Phi) is 5.84. The lowest BCUT2D eigenvalue weighted by Crippen LogP contribution is -2.38. The minimum Gasteiger partial charge on any atom is -0.370 e. The molecule has 1 saturated heterocycles. The van der Waals surface area contributed by atoms with Crippen LogP contribution in [0.1, 0.15) is 17.5 Å². The van der Waals surface area contributed by atoms with Gasteiger partial charge in [0.1, 0.15) is 5.82 Å². The first-order valence-electron chi connectivity index (χ1n) is 8.74. The Morgan fingerprint density at radius 3 is 2.67 bits per heavy atom. The number of nitrogens with zero attached hydrogens (tertiary/aromatic N) is 3. The minimum absolute atomic E-state index is 0.582. The smallest absolute Gasteiger partial charge is 0.370 e. The Labute approximate surface area is 162 Å². The summed E-state index contributed by atoms with van der Waals surface area (Å²) in [4.78, 5) is 8.26. The van der Waals surface area contributed by atoms with E-state index in [1.54, 1.807) is 12.3 Å². The molecule has 2 heterocycles. The molecule has 3 rings (SSSR count). The zero-order valence-corrected chi connectivity index (χ0v) is 15.8. The fraction of sp³-hybridized carbons (Fsp3) is 0.368. The van der Waals surface area contributed by atoms with Gasteiger partial charge in [0, 0.05) is 38.1 Å². The number of hydrogen-bond acceptors (Lipinski definition) is 3. The molecule has 144 valence electrons. The van der Waals surface area contributed by atoms with E-state index < -0.39 is 11.7 Å². The van der Waals surface area contributed by atoms with Gasteiger partial charge in [-0.3, -0.25) is 0 Å². The Balaban J connectivity index is 1.64. The summed E-state index contributed by atoms with van der Waals surface area (Å²) in [6.45, 7) is 4.64. The molecule has 1 aliphatic heterocycles. The fourth-order valence-electron chi connectivity index (χ4n) is 3.05. The number of anilines is 2. The van der Waals surface area contributed by atoms with Gasteiger partial charge in [0.2, 0.25) is 0 Å². The first kappa shape index (κ1) is 19.4. The Hall–Kier alpha value is -2.35. The van der Waals surface area contributed by atoms with E-state index in [1.807, 2.05) is 28.9 Å². The Bertz CT molecular complexity index is 810. The number of halogens is 3. The van der Waals surface area contributed by atoms with Crippen LogP contribution in [0.4, 0.5) is 24.7 Å². The van der Waals surface area contributed by atoms with E-state index in [2.05, 4.69) is 10.3 Å². The normalized spacial score (nSPS) is 15.4. The second kappa shape index (κ2) is 8.12. The molecule has 1 aliphatic rings. The first-order chi connectivity index (χ1) is 12.8. The SMILES string of the molecule is Cc1ccnc(NC(=S)N2CCCN(c3cccc(C(F)(F)F)c3)CC2)c1. The van der Waals surface area contributed by atoms with Gasteiger partial charge in [-0.15, -0.1) is 0 Å². The number of alkyl halides is 3. The van der Waals surface area contributed by atoms with Gasteiger partial charge in [-0.2, -0.15) is 13.2 Å². The van der Waals surface area contributed by atoms with E-state index in [9.17, 15) is 13.2 Å². The molecule has 0 saturated carbocycles. The standard InChI is InChI=1S/C19H21F3N4S/c1-14-6-7-23-17(12-14)24-18(27)26-9-3-8-25(10-11-26)16-5-2-4-15(13-16)19(20,21)22/h2,4-7,12-13H,3,8-11H2,1H3,(H,23,24,27). The number of thiocarbonyl (C=S) groups is 1. The molecule has 8 heteroatoms. The Morgan fingerprint density at radius 1 is 1.11 bits per heavy atom. The lowest BCUT2D eigenvalue weighted by molar-refractivity contribution is -0.137. The van der Waals surface area contributed by atoms with Crippen LogP contribution in [0.5, 0.6) is 0 Å². The van der Waals surface area contributed by atoms with Crippen LogP contribution in [0.2, 0.25) is 0 Å². The maximum Gasteiger partial charge on any atom is 0.416 e. The summed E-state index contributed by atoms with van der Waals surface area (Å²) >= 11 is 5.49. The van der Waals surface area contributed by atoms with Gasteiger partial charge in [0.05, 0.1) is 5.56 Å². The summed E-state index contributed by atoms with van der Waals surface area (Å²) in [5.41, 5.74) is 1.05. The zero-order chi connectivity index (χ0) is 19.4. The number of aromatic nitrogens is 1. The summed E-state index contributed by atoms with van der Waals surface area (Å²) in [5, 5.41) is 3.73. The zero-order valence-electron chi connectivity index (χ0n) is 15.0. The lowest BCUT2D eigenvalue weighted by Gasteiger charge is -2.25. The van der Waals surface area contributed by atoms with Crippen molar-refractivity contribution in [1.29, 1.82) is 0 Å². The highest BCUT2D eigenvalue weighted by molar-refractivity contribution is 7.80. The first-order valence-corrected chi connectivity index (χ1v) is 9.14. The van der Waals surface area contributed by atoms with E-state index in [0.29, 0.717) is 36.3 Å². The van der Waals surface area contributed by atoms with Gasteiger partial charge in [-0.05, 0) is 61.5 Å². The van der Waals surface area contributed by atoms with Gasteiger partial charge in [0.25, 0.3) is 0 Å². The molecule has 1 N–H and O–H groups in total. The van der Waals surface area contributed by atoms with Gasteiger partial charge >= 0.3 is 6.18 Å². The third-order valence-electron chi connectivity index (χ3n) is 4.47. The molecule has 0 aliphatic carbocycles. The van der Waals surface area contributed by atoms with Crippen LogP contribution in [0.15, 0.2) is 42.6 Å². The summed E-state index contributed by atoms with van der Waals surface area (Å²) in [5.74, 6) is 0.694. The topological polar surface area (TPSA) is 31.4 Å². The van der Waals surface area contributed by atoms with E-state index >= 15 is 0 Å². The summed E-state index contributed by atoms with van der Waals surface area (Å²) in [7, 11) is 0. The molecule has 1 aromatic carbocycles. The minimum atomic E-state index is -4.33. The van der Waals surface area contributed by atoms with Crippen LogP contribution in [0.3, 0.4) is 0 Å². The summed E-state index contributed by atoms with van der Waals surface area (Å²) in [6.07, 6.45) is -1.81. The molecule has 4 nitrogen and oxygen atoms in total. The van der Waals surface area contributed by atoms with Crippen molar-refractivity contribution in [2.75, 3.05) is 36.4 Å². The van der Waals surface area contributed by atoms with E-state index in [0.717, 1.165) is 24.6 Å². The van der Waals surface area contributed by atoms with Crippen molar-refractivity contribution in [2.24, 2.45) is 0 Å². The number of pyridine rings is 1. The van der Waals surface area contributed by atoms with Crippen LogP contribution >= 0.6 is 12.2 Å². The molecule has 0 spiro atoms. The quantitative estimate of drug-likeness (QED) is 0.767. The number of benzene rings is 1. The van der Waals surface area contributed by atoms with Gasteiger partial charge in [-0.25, -0.2) is 4.98 Å². The number of nitrogens with one attached hydrogen (secondary N) is 1. The molecular weight excluding hydrogens is 373 g/mol. The van der Waals surface area contributed by atoms with Crippen molar-refractivity contribution in [3.8, 4) is 0 Å². The molecule has 0 bridgehead atoms. The second-order valence-electron chi connectivity index (χ2n) is 6.52. The number of hydrogen-bond donors (Lipinski definition) is 1. The van der Waals surface area contributed by atoms with Gasteiger partial charge in [0.15, 0.2) is 5.11 Å². The van der Waals surface area contributed by atoms with Crippen molar-refractivity contribution in [2.45, 2.75) is 19.5 Å². The molecule has 0 amide bonds. The van der Waals surface area contributed by atoms with Crippen LogP contribution < -0.4 is 10.2 Å². The number of aryl methyl sites for hydroxylation is 1. The van der Waals surface area contributed by atoms with Crippen LogP contribution in [-0.4, -0.2) is 41.2 Å². The van der Waals surface area contributed by atoms with Crippen LogP contribution in [-0.2, 0) is 6.18 Å². The molecule has 0 atom stereocenters. The predicted molar refractivity (Wildman–Crippen MR) is 105 cm³/mol. The third-order valence-corrected chi connectivity index (χ3v) is 4.83. The highest BCUT2D eigenvalue weighted by Crippen LogP contribution is 2.31. The lowest BCUT2D eigenvalue weighted by atomic mass is 10.1. The van der Waals surface area contributed by atoms with Gasteiger partial charge < -0.3 is 15.1 Å². The number of rotatable bonds is 2. The van der Waals surface area contributed by atoms with E-state index in [4.69, 9.17) is 12.2 Å². The molecule has 1 aromatic heterocycles. The van der Waals surface area contributed by atoms with Gasteiger partial charge in [-0.1, -0.05) is 6.07 Å². The van der Waals surface area contributed by atoms with E-state index in [1.165, 1.54) is 12.1 Å². The highest BCUT2D eigenvalue weighted by Gasteiger charge is 2.31. The second-order valence-corrected chi connectivity index (χ2v) is 6.91. The molecule has 2 aromatic rings. The van der Waals surface area contributed by atoms with Crippen LogP contribution in [0, 0.1) is 6.92 Å². The largest absolute Gasteiger partial charge is 0.416 e. The third kappa shape index (κ3) is 5.09. The fourth-order valence-corrected chi connectivity index (χ4v) is 3.34. The van der Waals surface area contributed by atoms with E-state index in [-0.39, 0.29) is 0 Å². The summed E-state index contributed by atoms with van der Waals surface area (Å²) < 4.78 is 38.9.